The molecule has 0 amide bonds. The molecule has 0 spiro atoms. The molecule has 1 aromatic heterocycles. The molecule has 0 saturated heterocycles. The summed E-state index contributed by atoms with van der Waals surface area (Å²) in [5.41, 5.74) is 1.94. The van der Waals surface area contributed by atoms with Crippen molar-refractivity contribution in [1.29, 1.82) is 0 Å². The normalized spacial score (nSPS) is 8.50. The smallest absolute Gasteiger partial charge is 0.0222 e. The molecule has 0 aliphatic carbocycles. The van der Waals surface area contributed by atoms with Crippen molar-refractivity contribution in [3.8, 4) is 0 Å². The van der Waals surface area contributed by atoms with Crippen molar-refractivity contribution in [2.45, 2.75) is 20.8 Å². The number of rotatable bonds is 0. The number of hydrogen-bond donors (Lipinski definition) is 0. The third-order valence-electron chi connectivity index (χ3n) is 1.68. The van der Waals surface area contributed by atoms with E-state index in [-0.39, 0.29) is 20.4 Å². The van der Waals surface area contributed by atoms with E-state index in [1.807, 2.05) is 45.0 Å². The van der Waals surface area contributed by atoms with Crippen LogP contribution in [-0.2, 0) is 20.4 Å². The van der Waals surface area contributed by atoms with Gasteiger partial charge in [0.05, 0.1) is 0 Å². The summed E-state index contributed by atoms with van der Waals surface area (Å²) in [6, 6.07) is 7.92. The molecule has 3 heteroatoms. The fourth-order valence-electron chi connectivity index (χ4n) is 1.09. The van der Waals surface area contributed by atoms with E-state index in [0.717, 1.165) is 16.6 Å². The van der Waals surface area contributed by atoms with Gasteiger partial charge in [-0.05, 0) is 5.52 Å². The van der Waals surface area contributed by atoms with Crippen LogP contribution in [0.5, 0.6) is 0 Å². The molecule has 1 heterocycles. The summed E-state index contributed by atoms with van der Waals surface area (Å²) >= 11 is 0. The van der Waals surface area contributed by atoms with Crippen LogP contribution < -0.4 is 0 Å². The Bertz CT molecular complexity index is 382. The van der Waals surface area contributed by atoms with Crippen molar-refractivity contribution in [2.24, 2.45) is 0 Å². The fourth-order valence-corrected chi connectivity index (χ4v) is 1.09. The summed E-state index contributed by atoms with van der Waals surface area (Å²) in [6.45, 7) is 5.96. The molecule has 14 heavy (non-hydrogen) atoms. The molecule has 2 aromatic rings. The van der Waals surface area contributed by atoms with Crippen molar-refractivity contribution >= 4 is 10.9 Å². The quantitative estimate of drug-likeness (QED) is 0.676. The van der Waals surface area contributed by atoms with E-state index in [9.17, 15) is 0 Å². The monoisotopic (exact) mass is 360 g/mol. The summed E-state index contributed by atoms with van der Waals surface area (Å²) in [5, 5.41) is 1.10. The number of nitrogens with zero attached hydrogens (tertiary/aromatic N) is 2. The number of para-hydroxylation sites is 1. The van der Waals surface area contributed by atoms with Gasteiger partial charge in [-0.25, -0.2) is 0 Å². The molecule has 0 unspecified atom stereocenters. The Labute approximate surface area is 98.4 Å². The van der Waals surface area contributed by atoms with E-state index in [1.165, 1.54) is 0 Å². The number of benzene rings is 1. The Morgan fingerprint density at radius 2 is 1.71 bits per heavy atom. The van der Waals surface area contributed by atoms with Gasteiger partial charge >= 0.3 is 0 Å². The second-order valence-corrected chi connectivity index (χ2v) is 2.43. The number of aryl methyl sites for hydroxylation is 1. The Balaban J connectivity index is 0.000000531. The number of aromatic nitrogens is 2. The first-order chi connectivity index (χ1) is 6.38. The topological polar surface area (TPSA) is 25.8 Å². The predicted octanol–water partition coefficient (Wildman–Crippen LogP) is 2.76. The van der Waals surface area contributed by atoms with E-state index in [1.54, 1.807) is 0 Å². The molecular weight excluding hydrogens is 346 g/mol. The largest absolute Gasteiger partial charge is 0.370 e. The number of hydrogen-bond acceptors (Lipinski definition) is 2. The molecular formula is C11H13N2Re-. The molecule has 0 aliphatic rings. The summed E-state index contributed by atoms with van der Waals surface area (Å²) in [5.74, 6) is 0. The molecule has 2 nitrogen and oxygen atoms in total. The molecule has 0 bridgehead atoms. The maximum absolute atomic E-state index is 4.01. The zero-order chi connectivity index (χ0) is 9.68. The van der Waals surface area contributed by atoms with Gasteiger partial charge in [-0.2, -0.15) is 0 Å². The van der Waals surface area contributed by atoms with Crippen LogP contribution in [0.25, 0.3) is 10.9 Å². The van der Waals surface area contributed by atoms with E-state index >= 15 is 0 Å². The van der Waals surface area contributed by atoms with Gasteiger partial charge in [-0.1, -0.05) is 56.1 Å². The standard InChI is InChI=1S/C9H7N2.C2H6.Re/c1-7-8-4-2-3-5-9(8)11-6-10-7;1-2;/h2-5H,1H3;1-2H3;/q-1;;. The molecule has 0 atom stereocenters. The Morgan fingerprint density at radius 3 is 2.36 bits per heavy atom. The predicted molar refractivity (Wildman–Crippen MR) is 54.5 cm³/mol. The fraction of sp³-hybridized carbons (Fsp3) is 0.273. The molecule has 2 rings (SSSR count). The molecule has 75 valence electrons. The minimum absolute atomic E-state index is 0. The Hall–Kier alpha value is -0.778. The zero-order valence-electron chi connectivity index (χ0n) is 8.58. The van der Waals surface area contributed by atoms with Crippen LogP contribution in [0.3, 0.4) is 0 Å². The molecule has 0 saturated carbocycles. The van der Waals surface area contributed by atoms with Gasteiger partial charge < -0.3 is 9.97 Å². The minimum Gasteiger partial charge on any atom is -0.370 e. The number of fused-ring (bicyclic) bond motifs is 1. The average molecular weight is 359 g/mol. The summed E-state index contributed by atoms with van der Waals surface area (Å²) in [6.07, 6.45) is 2.60. The second kappa shape index (κ2) is 6.64. The van der Waals surface area contributed by atoms with E-state index in [0.29, 0.717) is 0 Å². The maximum Gasteiger partial charge on any atom is 0.0222 e. The Kier molecular flexibility index (Phi) is 6.27. The van der Waals surface area contributed by atoms with Gasteiger partial charge in [0.15, 0.2) is 0 Å². The van der Waals surface area contributed by atoms with Gasteiger partial charge in [-0.3, -0.25) is 0 Å². The van der Waals surface area contributed by atoms with Gasteiger partial charge in [-0.15, -0.1) is 0 Å². The van der Waals surface area contributed by atoms with Gasteiger partial charge in [0.2, 0.25) is 0 Å². The molecule has 1 radical (unpaired) electrons. The third kappa shape index (κ3) is 2.87. The summed E-state index contributed by atoms with van der Waals surface area (Å²) in [4.78, 5) is 7.98. The van der Waals surface area contributed by atoms with Crippen LogP contribution in [0.15, 0.2) is 24.3 Å². The zero-order valence-corrected chi connectivity index (χ0v) is 11.3. The van der Waals surface area contributed by atoms with Crippen LogP contribution >= 0.6 is 0 Å². The summed E-state index contributed by atoms with van der Waals surface area (Å²) in [7, 11) is 0. The SMILES string of the molecule is CC.Cc1n[c-]nc2ccccc12.[Re]. The van der Waals surface area contributed by atoms with Gasteiger partial charge in [0, 0.05) is 26.8 Å². The van der Waals surface area contributed by atoms with Crippen LogP contribution in [0, 0.1) is 13.3 Å². The first-order valence-corrected chi connectivity index (χ1v) is 4.47. The van der Waals surface area contributed by atoms with Crippen LogP contribution in [0.4, 0.5) is 0 Å². The van der Waals surface area contributed by atoms with E-state index in [4.69, 9.17) is 0 Å². The van der Waals surface area contributed by atoms with E-state index in [2.05, 4.69) is 16.3 Å². The van der Waals surface area contributed by atoms with Crippen LogP contribution in [0.2, 0.25) is 0 Å². The van der Waals surface area contributed by atoms with Crippen molar-refractivity contribution < 1.29 is 20.4 Å². The van der Waals surface area contributed by atoms with Crippen molar-refractivity contribution in [3.63, 3.8) is 0 Å². The minimum atomic E-state index is 0. The molecule has 0 N–H and O–H groups in total. The van der Waals surface area contributed by atoms with E-state index < -0.39 is 0 Å². The molecule has 0 fully saturated rings. The van der Waals surface area contributed by atoms with Crippen molar-refractivity contribution in [1.82, 2.24) is 9.97 Å². The first kappa shape index (κ1) is 13.2. The first-order valence-electron chi connectivity index (χ1n) is 4.47. The molecule has 0 aliphatic heterocycles. The van der Waals surface area contributed by atoms with Crippen molar-refractivity contribution in [3.05, 3.63) is 36.3 Å². The second-order valence-electron chi connectivity index (χ2n) is 2.43. The van der Waals surface area contributed by atoms with Crippen LogP contribution in [-0.4, -0.2) is 9.97 Å². The van der Waals surface area contributed by atoms with Crippen molar-refractivity contribution in [2.75, 3.05) is 0 Å². The maximum atomic E-state index is 4.01. The average Bonchev–Trinajstić information content (AvgIpc) is 2.22. The Morgan fingerprint density at radius 1 is 1.07 bits per heavy atom. The summed E-state index contributed by atoms with van der Waals surface area (Å²) < 4.78 is 0. The van der Waals surface area contributed by atoms with Crippen LogP contribution in [0.1, 0.15) is 19.5 Å². The molecule has 1 aromatic carbocycles. The van der Waals surface area contributed by atoms with Gasteiger partial charge in [0.25, 0.3) is 0 Å². The van der Waals surface area contributed by atoms with Gasteiger partial charge in [0.1, 0.15) is 0 Å². The third-order valence-corrected chi connectivity index (χ3v) is 1.68.